The molecule has 5 nitrogen and oxygen atoms in total. The van der Waals surface area contributed by atoms with Crippen molar-refractivity contribution in [3.63, 3.8) is 0 Å². The minimum absolute atomic E-state index is 0.237. The largest absolute Gasteiger partial charge is 0.298 e. The Morgan fingerprint density at radius 1 is 1.19 bits per heavy atom. The predicted octanol–water partition coefficient (Wildman–Crippen LogP) is 3.05. The molecule has 3 rings (SSSR count). The maximum absolute atomic E-state index is 11.8. The van der Waals surface area contributed by atoms with E-state index in [-0.39, 0.29) is 5.91 Å². The van der Waals surface area contributed by atoms with Crippen LogP contribution in [-0.2, 0) is 4.79 Å². The van der Waals surface area contributed by atoms with Gasteiger partial charge in [-0.1, -0.05) is 12.1 Å². The molecule has 0 aliphatic rings. The highest BCUT2D eigenvalue weighted by atomic mass is 32.1. The quantitative estimate of drug-likeness (QED) is 0.754. The van der Waals surface area contributed by atoms with Gasteiger partial charge in [0.15, 0.2) is 5.13 Å². The van der Waals surface area contributed by atoms with Crippen LogP contribution in [0.1, 0.15) is 10.6 Å². The van der Waals surface area contributed by atoms with E-state index in [0.717, 1.165) is 15.9 Å². The van der Waals surface area contributed by atoms with E-state index < -0.39 is 0 Å². The molecule has 0 saturated heterocycles. The molecule has 0 spiro atoms. The lowest BCUT2D eigenvalue weighted by Gasteiger charge is -1.98. The number of benzene rings is 1. The zero-order valence-electron chi connectivity index (χ0n) is 11.3. The molecule has 1 aromatic carbocycles. The number of anilines is 1. The fraction of sp³-hybridized carbons (Fsp3) is 0.0667. The summed E-state index contributed by atoms with van der Waals surface area (Å²) >= 11 is 1.43. The third-order valence-electron chi connectivity index (χ3n) is 2.72. The van der Waals surface area contributed by atoms with Crippen molar-refractivity contribution in [1.82, 2.24) is 15.0 Å². The van der Waals surface area contributed by atoms with E-state index in [1.807, 2.05) is 31.2 Å². The molecule has 0 saturated carbocycles. The average Bonchev–Trinajstić information content (AvgIpc) is 2.90. The first-order chi connectivity index (χ1) is 10.2. The molecule has 104 valence electrons. The van der Waals surface area contributed by atoms with Crippen LogP contribution in [0.2, 0.25) is 0 Å². The van der Waals surface area contributed by atoms with Crippen molar-refractivity contribution in [2.75, 3.05) is 5.32 Å². The summed E-state index contributed by atoms with van der Waals surface area (Å²) < 4.78 is 0. The lowest BCUT2D eigenvalue weighted by atomic mass is 10.3. The standard InChI is InChI=1S/C15H12N4OS/c1-10-8-17-15(21-10)19-14(20)7-6-11-9-16-12-4-2-3-5-13(12)18-11/h2-9H,1H3,(H,17,19,20). The first-order valence-corrected chi connectivity index (χ1v) is 7.16. The van der Waals surface area contributed by atoms with Crippen molar-refractivity contribution in [3.05, 3.63) is 53.3 Å². The summed E-state index contributed by atoms with van der Waals surface area (Å²) in [5.41, 5.74) is 2.27. The second-order valence-corrected chi connectivity index (χ2v) is 5.62. The third-order valence-corrected chi connectivity index (χ3v) is 3.55. The molecule has 0 fully saturated rings. The average molecular weight is 296 g/mol. The van der Waals surface area contributed by atoms with E-state index in [1.165, 1.54) is 17.4 Å². The van der Waals surface area contributed by atoms with E-state index in [0.29, 0.717) is 10.8 Å². The van der Waals surface area contributed by atoms with Gasteiger partial charge in [-0.3, -0.25) is 15.1 Å². The third kappa shape index (κ3) is 3.29. The number of rotatable bonds is 3. The molecule has 3 aromatic rings. The maximum Gasteiger partial charge on any atom is 0.250 e. The van der Waals surface area contributed by atoms with Gasteiger partial charge in [-0.25, -0.2) is 9.97 Å². The second kappa shape index (κ2) is 5.80. The van der Waals surface area contributed by atoms with E-state index in [2.05, 4.69) is 20.3 Å². The summed E-state index contributed by atoms with van der Waals surface area (Å²) in [6.45, 7) is 1.94. The van der Waals surface area contributed by atoms with Gasteiger partial charge >= 0.3 is 0 Å². The van der Waals surface area contributed by atoms with Crippen LogP contribution in [0.5, 0.6) is 0 Å². The minimum Gasteiger partial charge on any atom is -0.298 e. The van der Waals surface area contributed by atoms with Gasteiger partial charge in [-0.15, -0.1) is 11.3 Å². The molecule has 0 radical (unpaired) electrons. The summed E-state index contributed by atoms with van der Waals surface area (Å²) in [6, 6.07) is 7.60. The summed E-state index contributed by atoms with van der Waals surface area (Å²) in [5, 5.41) is 3.29. The Kier molecular flexibility index (Phi) is 3.70. The zero-order chi connectivity index (χ0) is 14.7. The van der Waals surface area contributed by atoms with Crippen LogP contribution in [0, 0.1) is 6.92 Å². The van der Waals surface area contributed by atoms with Crippen LogP contribution in [0.3, 0.4) is 0 Å². The molecule has 0 unspecified atom stereocenters. The van der Waals surface area contributed by atoms with Gasteiger partial charge < -0.3 is 0 Å². The lowest BCUT2D eigenvalue weighted by molar-refractivity contribution is -0.111. The number of aryl methyl sites for hydroxylation is 1. The highest BCUT2D eigenvalue weighted by Crippen LogP contribution is 2.16. The number of para-hydroxylation sites is 2. The fourth-order valence-corrected chi connectivity index (χ4v) is 2.44. The van der Waals surface area contributed by atoms with Gasteiger partial charge in [0.25, 0.3) is 0 Å². The van der Waals surface area contributed by atoms with Crippen LogP contribution in [-0.4, -0.2) is 20.9 Å². The van der Waals surface area contributed by atoms with Gasteiger partial charge in [-0.05, 0) is 25.1 Å². The highest BCUT2D eigenvalue weighted by Gasteiger charge is 2.02. The topological polar surface area (TPSA) is 67.8 Å². The van der Waals surface area contributed by atoms with Gasteiger partial charge in [0, 0.05) is 17.2 Å². The van der Waals surface area contributed by atoms with E-state index in [9.17, 15) is 4.79 Å². The number of hydrogen-bond donors (Lipinski definition) is 1. The number of amides is 1. The molecule has 1 amide bonds. The van der Waals surface area contributed by atoms with Gasteiger partial charge in [0.1, 0.15) is 0 Å². The Morgan fingerprint density at radius 3 is 2.76 bits per heavy atom. The van der Waals surface area contributed by atoms with Crippen LogP contribution < -0.4 is 5.32 Å². The Bertz CT molecular complexity index is 825. The summed E-state index contributed by atoms with van der Waals surface area (Å²) in [7, 11) is 0. The Hall–Kier alpha value is -2.60. The number of nitrogens with one attached hydrogen (secondary N) is 1. The minimum atomic E-state index is -0.237. The molecule has 0 atom stereocenters. The van der Waals surface area contributed by atoms with Crippen molar-refractivity contribution < 1.29 is 4.79 Å². The summed E-state index contributed by atoms with van der Waals surface area (Å²) in [5.74, 6) is -0.237. The first-order valence-electron chi connectivity index (χ1n) is 6.34. The molecule has 2 heterocycles. The number of aromatic nitrogens is 3. The van der Waals surface area contributed by atoms with Gasteiger partial charge in [0.2, 0.25) is 5.91 Å². The van der Waals surface area contributed by atoms with Gasteiger partial charge in [0.05, 0.1) is 22.9 Å². The van der Waals surface area contributed by atoms with E-state index in [1.54, 1.807) is 18.5 Å². The number of fused-ring (bicyclic) bond motifs is 1. The van der Waals surface area contributed by atoms with Crippen molar-refractivity contribution in [2.45, 2.75) is 6.92 Å². The summed E-state index contributed by atoms with van der Waals surface area (Å²) in [4.78, 5) is 25.6. The smallest absolute Gasteiger partial charge is 0.250 e. The second-order valence-electron chi connectivity index (χ2n) is 4.38. The fourth-order valence-electron chi connectivity index (χ4n) is 1.77. The number of nitrogens with zero attached hydrogens (tertiary/aromatic N) is 3. The molecule has 0 bridgehead atoms. The monoisotopic (exact) mass is 296 g/mol. The Balaban J connectivity index is 1.73. The van der Waals surface area contributed by atoms with Crippen molar-refractivity contribution in [2.24, 2.45) is 0 Å². The van der Waals surface area contributed by atoms with E-state index in [4.69, 9.17) is 0 Å². The molecule has 2 aromatic heterocycles. The molecule has 0 aliphatic carbocycles. The molecular formula is C15H12N4OS. The molecule has 21 heavy (non-hydrogen) atoms. The van der Waals surface area contributed by atoms with Crippen molar-refractivity contribution >= 4 is 39.5 Å². The normalized spacial score (nSPS) is 11.1. The SMILES string of the molecule is Cc1cnc(NC(=O)C=Cc2cnc3ccccc3n2)s1. The molecule has 6 heteroatoms. The predicted molar refractivity (Wildman–Crippen MR) is 84.1 cm³/mol. The number of hydrogen-bond acceptors (Lipinski definition) is 5. The van der Waals surface area contributed by atoms with Crippen LogP contribution in [0.15, 0.2) is 42.7 Å². The first kappa shape index (κ1) is 13.4. The summed E-state index contributed by atoms with van der Waals surface area (Å²) in [6.07, 6.45) is 6.42. The molecule has 0 aliphatic heterocycles. The van der Waals surface area contributed by atoms with Gasteiger partial charge in [-0.2, -0.15) is 0 Å². The number of carbonyl (C=O) groups excluding carboxylic acids is 1. The Morgan fingerprint density at radius 2 is 2.00 bits per heavy atom. The van der Waals surface area contributed by atoms with Crippen molar-refractivity contribution in [3.8, 4) is 0 Å². The van der Waals surface area contributed by atoms with Crippen molar-refractivity contribution in [1.29, 1.82) is 0 Å². The van der Waals surface area contributed by atoms with Crippen LogP contribution in [0.25, 0.3) is 17.1 Å². The zero-order valence-corrected chi connectivity index (χ0v) is 12.1. The van der Waals surface area contributed by atoms with Crippen LogP contribution >= 0.6 is 11.3 Å². The highest BCUT2D eigenvalue weighted by molar-refractivity contribution is 7.15. The molecule has 1 N–H and O–H groups in total. The van der Waals surface area contributed by atoms with E-state index >= 15 is 0 Å². The maximum atomic E-state index is 11.8. The lowest BCUT2D eigenvalue weighted by Crippen LogP contribution is -2.07. The van der Waals surface area contributed by atoms with Crippen LogP contribution in [0.4, 0.5) is 5.13 Å². The Labute approximate surface area is 125 Å². The number of carbonyl (C=O) groups is 1. The molecular weight excluding hydrogens is 284 g/mol. The number of thiazole rings is 1.